The first-order valence-electron chi connectivity index (χ1n) is 18.5. The number of amides is 2. The van der Waals surface area contributed by atoms with Crippen molar-refractivity contribution in [1.82, 2.24) is 40.2 Å². The van der Waals surface area contributed by atoms with Crippen LogP contribution in [-0.4, -0.2) is 137 Å². The lowest BCUT2D eigenvalue weighted by Crippen LogP contribution is -2.73. The van der Waals surface area contributed by atoms with Gasteiger partial charge >= 0.3 is 0 Å². The Morgan fingerprint density at radius 3 is 2.38 bits per heavy atom. The average Bonchev–Trinajstić information content (AvgIpc) is 3.90. The Balaban J connectivity index is 1.06. The number of ketones is 1. The van der Waals surface area contributed by atoms with Gasteiger partial charge in [-0.3, -0.25) is 14.4 Å². The molecule has 264 valence electrons. The zero-order chi connectivity index (χ0) is 33.0. The van der Waals surface area contributed by atoms with Crippen molar-refractivity contribution in [1.29, 1.82) is 0 Å². The Labute approximate surface area is 283 Å². The van der Waals surface area contributed by atoms with Crippen molar-refractivity contribution < 1.29 is 23.5 Å². The van der Waals surface area contributed by atoms with E-state index >= 15 is 4.39 Å². The van der Waals surface area contributed by atoms with Gasteiger partial charge in [-0.1, -0.05) is 0 Å². The van der Waals surface area contributed by atoms with Gasteiger partial charge in [0.25, 0.3) is 5.91 Å². The van der Waals surface area contributed by atoms with Crippen molar-refractivity contribution in [3.8, 4) is 0 Å². The molecule has 1 aromatic heterocycles. The number of likely N-dealkylation sites (tertiary alicyclic amines) is 2. The van der Waals surface area contributed by atoms with Gasteiger partial charge in [0.15, 0.2) is 5.78 Å². The highest BCUT2D eigenvalue weighted by molar-refractivity contribution is 6.20. The van der Waals surface area contributed by atoms with Crippen molar-refractivity contribution in [2.75, 3.05) is 58.9 Å². The lowest BCUT2D eigenvalue weighted by atomic mass is 9.69. The largest absolute Gasteiger partial charge is 0.369 e. The number of carbonyl (C=O) groups is 3. The van der Waals surface area contributed by atoms with Gasteiger partial charge in [0.1, 0.15) is 6.17 Å². The summed E-state index contributed by atoms with van der Waals surface area (Å²) in [4.78, 5) is 51.7. The zero-order valence-corrected chi connectivity index (χ0v) is 28.1. The molecular formula is C35H53FN8O4. The number of aryl methyl sites for hydroxylation is 1. The summed E-state index contributed by atoms with van der Waals surface area (Å²) >= 11 is 0. The minimum absolute atomic E-state index is 0.0525. The number of carbonyl (C=O) groups excluding carboxylic acids is 3. The summed E-state index contributed by atoms with van der Waals surface area (Å²) in [5.74, 6) is -1.45. The first kappa shape index (κ1) is 33.6. The fourth-order valence-corrected chi connectivity index (χ4v) is 9.12. The molecule has 5 heterocycles. The molecule has 3 saturated heterocycles. The van der Waals surface area contributed by atoms with Crippen LogP contribution >= 0.6 is 0 Å². The smallest absolute Gasteiger partial charge is 0.256 e. The lowest BCUT2D eigenvalue weighted by molar-refractivity contribution is -0.202. The van der Waals surface area contributed by atoms with E-state index in [-0.39, 0.29) is 53.7 Å². The van der Waals surface area contributed by atoms with Crippen LogP contribution in [0, 0.1) is 11.8 Å². The molecule has 8 atom stereocenters. The molecule has 1 aromatic rings. The molecule has 4 aliphatic heterocycles. The van der Waals surface area contributed by atoms with E-state index in [1.165, 1.54) is 25.7 Å². The number of hydrogen-bond donors (Lipinski definition) is 3. The number of nitrogens with zero attached hydrogens (tertiary/aromatic N) is 5. The number of imidazole rings is 1. The van der Waals surface area contributed by atoms with Crippen LogP contribution in [0.1, 0.15) is 57.8 Å². The van der Waals surface area contributed by atoms with Crippen LogP contribution in [0.15, 0.2) is 30.5 Å². The van der Waals surface area contributed by atoms with Crippen LogP contribution in [0.5, 0.6) is 0 Å². The number of fused-ring (bicyclic) bond motifs is 2. The molecule has 2 saturated carbocycles. The third kappa shape index (κ3) is 7.34. The molecular weight excluding hydrogens is 615 g/mol. The molecule has 0 spiro atoms. The van der Waals surface area contributed by atoms with Crippen LogP contribution in [0.3, 0.4) is 0 Å². The summed E-state index contributed by atoms with van der Waals surface area (Å²) in [6.07, 6.45) is 12.6. The topological polar surface area (TPSA) is 124 Å². The summed E-state index contributed by atoms with van der Waals surface area (Å²) in [6.45, 7) is 8.35. The third-order valence-corrected chi connectivity index (χ3v) is 11.7. The number of aromatic nitrogens is 2. The summed E-state index contributed by atoms with van der Waals surface area (Å²) in [7, 11) is 0. The molecule has 0 radical (unpaired) electrons. The highest BCUT2D eigenvalue weighted by Crippen LogP contribution is 2.46. The number of halogens is 1. The SMILES string of the molecule is O=C(NCCN1CCCC1)C1=CN2C3CCC(C(=O)NCCN4CCCC4)CC3OC3C(NCCCn4ccnc4)C(F)CC(C1=O)C32. The first-order chi connectivity index (χ1) is 23.5. The molecule has 3 N–H and O–H groups in total. The second-order valence-electron chi connectivity index (χ2n) is 14.7. The maximum absolute atomic E-state index is 16.2. The van der Waals surface area contributed by atoms with E-state index in [4.69, 9.17) is 4.74 Å². The van der Waals surface area contributed by atoms with Gasteiger partial charge in [0.05, 0.1) is 42.2 Å². The van der Waals surface area contributed by atoms with E-state index in [0.29, 0.717) is 38.9 Å². The van der Waals surface area contributed by atoms with E-state index in [9.17, 15) is 14.4 Å². The number of rotatable bonds is 13. The molecule has 2 aliphatic carbocycles. The van der Waals surface area contributed by atoms with Gasteiger partial charge in [0.2, 0.25) is 5.91 Å². The predicted octanol–water partition coefficient (Wildman–Crippen LogP) is 1.09. The quantitative estimate of drug-likeness (QED) is 0.209. The number of nitrogens with one attached hydrogen (secondary N) is 3. The number of morpholine rings is 1. The summed E-state index contributed by atoms with van der Waals surface area (Å²) in [5.41, 5.74) is 0.123. The molecule has 5 fully saturated rings. The maximum Gasteiger partial charge on any atom is 0.256 e. The Morgan fingerprint density at radius 2 is 1.67 bits per heavy atom. The van der Waals surface area contributed by atoms with Gasteiger partial charge in [-0.15, -0.1) is 0 Å². The van der Waals surface area contributed by atoms with E-state index in [2.05, 4.69) is 35.6 Å². The summed E-state index contributed by atoms with van der Waals surface area (Å²) < 4.78 is 25.0. The lowest BCUT2D eigenvalue weighted by Gasteiger charge is -2.59. The van der Waals surface area contributed by atoms with Crippen LogP contribution in [0.4, 0.5) is 4.39 Å². The van der Waals surface area contributed by atoms with Gasteiger partial charge in [0, 0.05) is 63.2 Å². The number of ether oxygens (including phenoxy) is 1. The molecule has 7 rings (SSSR count). The molecule has 12 nitrogen and oxygen atoms in total. The number of alkyl halides is 1. The molecule has 0 aromatic carbocycles. The van der Waals surface area contributed by atoms with E-state index in [1.54, 1.807) is 18.7 Å². The van der Waals surface area contributed by atoms with E-state index < -0.39 is 24.2 Å². The van der Waals surface area contributed by atoms with Gasteiger partial charge in [-0.25, -0.2) is 9.37 Å². The van der Waals surface area contributed by atoms with Crippen molar-refractivity contribution >= 4 is 17.6 Å². The molecule has 8 unspecified atom stereocenters. The predicted molar refractivity (Wildman–Crippen MR) is 178 cm³/mol. The Hall–Kier alpha value is -2.87. The Kier molecular flexibility index (Phi) is 10.8. The van der Waals surface area contributed by atoms with E-state index in [1.807, 2.05) is 10.8 Å². The number of Topliss-reactive ketones (excluding diaryl/α,β-unsaturated/α-hetero) is 1. The van der Waals surface area contributed by atoms with Crippen LogP contribution in [-0.2, 0) is 25.7 Å². The molecule has 2 amide bonds. The molecule has 13 heteroatoms. The highest BCUT2D eigenvalue weighted by Gasteiger charge is 2.59. The minimum Gasteiger partial charge on any atom is -0.369 e. The highest BCUT2D eigenvalue weighted by atomic mass is 19.1. The molecule has 48 heavy (non-hydrogen) atoms. The second-order valence-corrected chi connectivity index (χ2v) is 14.7. The van der Waals surface area contributed by atoms with Crippen LogP contribution in [0.25, 0.3) is 0 Å². The van der Waals surface area contributed by atoms with Crippen molar-refractivity contribution in [3.63, 3.8) is 0 Å². The second kappa shape index (κ2) is 15.3. The Morgan fingerprint density at radius 1 is 0.938 bits per heavy atom. The normalized spacial score (nSPS) is 33.6. The third-order valence-electron chi connectivity index (χ3n) is 11.7. The molecule has 6 aliphatic rings. The summed E-state index contributed by atoms with van der Waals surface area (Å²) in [5, 5.41) is 9.59. The fraction of sp³-hybridized carbons (Fsp3) is 0.771. The van der Waals surface area contributed by atoms with Crippen molar-refractivity contribution in [3.05, 3.63) is 30.5 Å². The van der Waals surface area contributed by atoms with Crippen molar-refractivity contribution in [2.24, 2.45) is 11.8 Å². The van der Waals surface area contributed by atoms with Gasteiger partial charge in [-0.05, 0) is 90.5 Å². The maximum atomic E-state index is 16.2. The van der Waals surface area contributed by atoms with Crippen LogP contribution in [0.2, 0.25) is 0 Å². The van der Waals surface area contributed by atoms with Crippen LogP contribution < -0.4 is 16.0 Å². The fourth-order valence-electron chi connectivity index (χ4n) is 9.12. The Bertz CT molecular complexity index is 1300. The molecule has 0 bridgehead atoms. The van der Waals surface area contributed by atoms with Gasteiger partial charge in [-0.2, -0.15) is 0 Å². The minimum atomic E-state index is -1.31. The monoisotopic (exact) mass is 668 g/mol. The average molecular weight is 669 g/mol. The summed E-state index contributed by atoms with van der Waals surface area (Å²) in [6, 6.07) is -1.03. The van der Waals surface area contributed by atoms with Gasteiger partial charge < -0.3 is 40.0 Å². The number of hydrogen-bond acceptors (Lipinski definition) is 9. The zero-order valence-electron chi connectivity index (χ0n) is 28.1. The van der Waals surface area contributed by atoms with E-state index in [0.717, 1.165) is 52.2 Å². The first-order valence-corrected chi connectivity index (χ1v) is 18.5. The standard InChI is InChI=1S/C35H53FN8O4/c36-27-21-25-31-33(30(27)38-8-5-16-43-17-9-37-23-43)48-29-20-24(34(46)39-10-18-41-12-1-2-13-41)6-7-28(29)44(31)22-26(32(25)45)35(47)40-11-19-42-14-3-4-15-42/h9,17,22-25,27-31,33,38H,1-8,10-16,18-21H2,(H,39,46)(H,40,47). The van der Waals surface area contributed by atoms with Crippen molar-refractivity contribution in [2.45, 2.75) is 101 Å².